The van der Waals surface area contributed by atoms with E-state index in [9.17, 15) is 8.42 Å². The fourth-order valence-electron chi connectivity index (χ4n) is 1.65. The molecule has 0 fully saturated rings. The molecular formula is C13H20ClNO3S. The van der Waals surface area contributed by atoms with Gasteiger partial charge in [0.25, 0.3) is 0 Å². The van der Waals surface area contributed by atoms with Crippen molar-refractivity contribution in [1.82, 2.24) is 4.72 Å². The number of hydrogen-bond donors (Lipinski definition) is 2. The summed E-state index contributed by atoms with van der Waals surface area (Å²) in [5.41, 5.74) is 0.520. The molecule has 1 aromatic carbocycles. The molecule has 0 amide bonds. The van der Waals surface area contributed by atoms with Crippen molar-refractivity contribution in [2.75, 3.05) is 6.54 Å². The molecule has 0 aliphatic rings. The maximum Gasteiger partial charge on any atom is 0.242 e. The molecule has 4 nitrogen and oxygen atoms in total. The second-order valence-electron chi connectivity index (χ2n) is 4.86. The van der Waals surface area contributed by atoms with Crippen LogP contribution in [0.1, 0.15) is 32.3 Å². The third-order valence-electron chi connectivity index (χ3n) is 2.72. The average molecular weight is 306 g/mol. The molecule has 0 radical (unpaired) electrons. The van der Waals surface area contributed by atoms with E-state index in [4.69, 9.17) is 16.7 Å². The predicted molar refractivity (Wildman–Crippen MR) is 76.6 cm³/mol. The van der Waals surface area contributed by atoms with Crippen molar-refractivity contribution >= 4 is 21.6 Å². The summed E-state index contributed by atoms with van der Waals surface area (Å²) in [7, 11) is -3.61. The Hall–Kier alpha value is -0.620. The van der Waals surface area contributed by atoms with Crippen molar-refractivity contribution in [3.05, 3.63) is 28.8 Å². The van der Waals surface area contributed by atoms with Gasteiger partial charge in [-0.3, -0.25) is 0 Å². The zero-order valence-corrected chi connectivity index (χ0v) is 12.8. The molecule has 0 bridgehead atoms. The van der Waals surface area contributed by atoms with Gasteiger partial charge in [0.15, 0.2) is 0 Å². The van der Waals surface area contributed by atoms with Crippen LogP contribution in [0.2, 0.25) is 5.02 Å². The van der Waals surface area contributed by atoms with Crippen molar-refractivity contribution < 1.29 is 13.5 Å². The molecule has 108 valence electrons. The Morgan fingerprint density at radius 3 is 2.63 bits per heavy atom. The molecule has 19 heavy (non-hydrogen) atoms. The minimum atomic E-state index is -3.61. The number of hydrogen-bond acceptors (Lipinski definition) is 3. The monoisotopic (exact) mass is 305 g/mol. The number of rotatable bonds is 7. The second-order valence-corrected chi connectivity index (χ2v) is 7.00. The number of halogens is 1. The van der Waals surface area contributed by atoms with Gasteiger partial charge in [0, 0.05) is 6.54 Å². The highest BCUT2D eigenvalue weighted by Gasteiger charge is 2.17. The molecule has 0 saturated carbocycles. The zero-order chi connectivity index (χ0) is 14.5. The number of benzene rings is 1. The number of sulfonamides is 1. The first kappa shape index (κ1) is 16.4. The van der Waals surface area contributed by atoms with Crippen LogP contribution in [0.15, 0.2) is 23.1 Å². The molecule has 1 rings (SSSR count). The summed E-state index contributed by atoms with van der Waals surface area (Å²) in [6.07, 6.45) is 1.75. The van der Waals surface area contributed by atoms with Crippen molar-refractivity contribution in [2.24, 2.45) is 5.92 Å². The summed E-state index contributed by atoms with van der Waals surface area (Å²) in [5.74, 6) is 0.547. The molecular weight excluding hydrogens is 286 g/mol. The van der Waals surface area contributed by atoms with Crippen LogP contribution in [-0.2, 0) is 16.6 Å². The molecule has 6 heteroatoms. The highest BCUT2D eigenvalue weighted by molar-refractivity contribution is 7.89. The number of aliphatic hydroxyl groups excluding tert-OH is 1. The van der Waals surface area contributed by atoms with Gasteiger partial charge in [-0.15, -0.1) is 0 Å². The van der Waals surface area contributed by atoms with Crippen LogP contribution in [0.5, 0.6) is 0 Å². The van der Waals surface area contributed by atoms with Gasteiger partial charge < -0.3 is 5.11 Å². The normalized spacial score (nSPS) is 12.1. The Kier molecular flexibility index (Phi) is 6.26. The van der Waals surface area contributed by atoms with Gasteiger partial charge in [-0.05, 0) is 36.5 Å². The quantitative estimate of drug-likeness (QED) is 0.761. The Morgan fingerprint density at radius 2 is 2.05 bits per heavy atom. The zero-order valence-electron chi connectivity index (χ0n) is 11.2. The first-order valence-corrected chi connectivity index (χ1v) is 8.12. The third kappa shape index (κ3) is 5.10. The van der Waals surface area contributed by atoms with Gasteiger partial charge in [-0.1, -0.05) is 31.5 Å². The molecule has 1 aromatic rings. The van der Waals surface area contributed by atoms with E-state index in [-0.39, 0.29) is 16.5 Å². The smallest absolute Gasteiger partial charge is 0.242 e. The number of nitrogens with one attached hydrogen (secondary N) is 1. The standard InChI is InChI=1S/C13H20ClNO3S/c1-10(2)4-3-7-15-19(17,18)13-8-11(9-16)5-6-12(13)14/h5-6,8,10,15-16H,3-4,7,9H2,1-2H3. The molecule has 0 heterocycles. The Balaban J connectivity index is 2.77. The van der Waals surface area contributed by atoms with Crippen molar-refractivity contribution in [3.8, 4) is 0 Å². The van der Waals surface area contributed by atoms with Crippen LogP contribution < -0.4 is 4.72 Å². The van der Waals surface area contributed by atoms with E-state index in [1.165, 1.54) is 12.1 Å². The van der Waals surface area contributed by atoms with Gasteiger partial charge in [-0.25, -0.2) is 13.1 Å². The summed E-state index contributed by atoms with van der Waals surface area (Å²) in [4.78, 5) is 0.0188. The van der Waals surface area contributed by atoms with E-state index >= 15 is 0 Å². The maximum atomic E-state index is 12.1. The highest BCUT2D eigenvalue weighted by Crippen LogP contribution is 2.22. The van der Waals surface area contributed by atoms with E-state index in [1.807, 2.05) is 0 Å². The Labute approximate surface area is 119 Å². The highest BCUT2D eigenvalue weighted by atomic mass is 35.5. The van der Waals surface area contributed by atoms with E-state index in [1.54, 1.807) is 6.07 Å². The third-order valence-corrected chi connectivity index (χ3v) is 4.66. The molecule has 0 aliphatic carbocycles. The van der Waals surface area contributed by atoms with Crippen LogP contribution in [0.25, 0.3) is 0 Å². The predicted octanol–water partition coefficient (Wildman–Crippen LogP) is 2.55. The molecule has 0 saturated heterocycles. The lowest BCUT2D eigenvalue weighted by Gasteiger charge is -2.10. The van der Waals surface area contributed by atoms with Crippen LogP contribution in [0, 0.1) is 5.92 Å². The first-order chi connectivity index (χ1) is 8.86. The van der Waals surface area contributed by atoms with Crippen LogP contribution in [0.4, 0.5) is 0 Å². The van der Waals surface area contributed by atoms with Crippen LogP contribution in [0.3, 0.4) is 0 Å². The fourth-order valence-corrected chi connectivity index (χ4v) is 3.27. The maximum absolute atomic E-state index is 12.1. The number of aliphatic hydroxyl groups is 1. The first-order valence-electron chi connectivity index (χ1n) is 6.25. The van der Waals surface area contributed by atoms with Crippen LogP contribution >= 0.6 is 11.6 Å². The summed E-state index contributed by atoms with van der Waals surface area (Å²) in [6, 6.07) is 4.48. The molecule has 0 atom stereocenters. The molecule has 0 spiro atoms. The van der Waals surface area contributed by atoms with Crippen LogP contribution in [-0.4, -0.2) is 20.1 Å². The Morgan fingerprint density at radius 1 is 1.37 bits per heavy atom. The van der Waals surface area contributed by atoms with Gasteiger partial charge in [0.1, 0.15) is 4.90 Å². The molecule has 0 aromatic heterocycles. The van der Waals surface area contributed by atoms with Gasteiger partial charge in [0.2, 0.25) is 10.0 Å². The average Bonchev–Trinajstić information content (AvgIpc) is 2.35. The van der Waals surface area contributed by atoms with Crippen molar-refractivity contribution in [2.45, 2.75) is 38.2 Å². The van der Waals surface area contributed by atoms with Gasteiger partial charge in [0.05, 0.1) is 11.6 Å². The molecule has 0 unspecified atom stereocenters. The van der Waals surface area contributed by atoms with Crippen molar-refractivity contribution in [3.63, 3.8) is 0 Å². The van der Waals surface area contributed by atoms with Gasteiger partial charge >= 0.3 is 0 Å². The lowest BCUT2D eigenvalue weighted by molar-refractivity contribution is 0.281. The topological polar surface area (TPSA) is 66.4 Å². The summed E-state index contributed by atoms with van der Waals surface area (Å²) in [6.45, 7) is 4.36. The summed E-state index contributed by atoms with van der Waals surface area (Å²) >= 11 is 5.90. The van der Waals surface area contributed by atoms with Gasteiger partial charge in [-0.2, -0.15) is 0 Å². The van der Waals surface area contributed by atoms with Crippen molar-refractivity contribution in [1.29, 1.82) is 0 Å². The van der Waals surface area contributed by atoms with E-state index in [0.29, 0.717) is 18.0 Å². The molecule has 0 aliphatic heterocycles. The Bertz CT molecular complexity index is 515. The van der Waals surface area contributed by atoms with E-state index in [0.717, 1.165) is 12.8 Å². The van der Waals surface area contributed by atoms with E-state index < -0.39 is 10.0 Å². The lowest BCUT2D eigenvalue weighted by atomic mass is 10.1. The fraction of sp³-hybridized carbons (Fsp3) is 0.538. The minimum Gasteiger partial charge on any atom is -0.392 e. The summed E-state index contributed by atoms with van der Waals surface area (Å²) in [5, 5.41) is 9.20. The minimum absolute atomic E-state index is 0.0188. The van der Waals surface area contributed by atoms with E-state index in [2.05, 4.69) is 18.6 Å². The SMILES string of the molecule is CC(C)CCCNS(=O)(=O)c1cc(CO)ccc1Cl. The lowest BCUT2D eigenvalue weighted by Crippen LogP contribution is -2.25. The molecule has 2 N–H and O–H groups in total. The second kappa shape index (κ2) is 7.24. The largest absolute Gasteiger partial charge is 0.392 e. The summed E-state index contributed by atoms with van der Waals surface area (Å²) < 4.78 is 26.7.